The molecule has 0 spiro atoms. The van der Waals surface area contributed by atoms with Crippen LogP contribution in [0, 0.1) is 0 Å². The van der Waals surface area contributed by atoms with E-state index in [1.807, 2.05) is 0 Å². The molecule has 0 aromatic carbocycles. The van der Waals surface area contributed by atoms with Gasteiger partial charge in [0.15, 0.2) is 0 Å². The lowest BCUT2D eigenvalue weighted by atomic mass is 9.79. The minimum Gasteiger partial charge on any atom is -0.495 e. The van der Waals surface area contributed by atoms with Gasteiger partial charge in [0.25, 0.3) is 0 Å². The molecule has 4 nitrogen and oxygen atoms in total. The molecule has 110 valence electrons. The summed E-state index contributed by atoms with van der Waals surface area (Å²) in [7, 11) is 3.53. The van der Waals surface area contributed by atoms with Gasteiger partial charge in [-0.05, 0) is 41.7 Å². The van der Waals surface area contributed by atoms with E-state index in [0.29, 0.717) is 5.76 Å². The molecule has 1 aliphatic heterocycles. The van der Waals surface area contributed by atoms with Crippen molar-refractivity contribution in [3.05, 3.63) is 11.8 Å². The highest BCUT2D eigenvalue weighted by Gasteiger charge is 2.43. The Kier molecular flexibility index (Phi) is 4.67. The van der Waals surface area contributed by atoms with Gasteiger partial charge in [-0.2, -0.15) is 0 Å². The zero-order valence-corrected chi connectivity index (χ0v) is 13.2. The molecule has 0 atom stereocenters. The van der Waals surface area contributed by atoms with Crippen LogP contribution in [0.15, 0.2) is 11.8 Å². The predicted octanol–water partition coefficient (Wildman–Crippen LogP) is 2.73. The number of hydrogen-bond donors (Lipinski definition) is 0. The highest BCUT2D eigenvalue weighted by molar-refractivity contribution is 5.82. The normalized spacial score (nSPS) is 24.1. The first-order valence-corrected chi connectivity index (χ1v) is 6.75. The highest BCUT2D eigenvalue weighted by atomic mass is 16.5. The van der Waals surface area contributed by atoms with Crippen molar-refractivity contribution < 1.29 is 14.3 Å². The quantitative estimate of drug-likeness (QED) is 0.448. The van der Waals surface area contributed by atoms with Crippen LogP contribution < -0.4 is 0 Å². The average Bonchev–Trinajstić information content (AvgIpc) is 2.24. The molecule has 0 aromatic rings. The summed E-state index contributed by atoms with van der Waals surface area (Å²) in [4.78, 5) is 13.6. The van der Waals surface area contributed by atoms with Crippen LogP contribution in [0.2, 0.25) is 0 Å². The number of likely N-dealkylation sites (tertiary alicyclic amines) is 1. The second kappa shape index (κ2) is 5.53. The van der Waals surface area contributed by atoms with E-state index in [1.54, 1.807) is 6.92 Å². The summed E-state index contributed by atoms with van der Waals surface area (Å²) in [5.74, 6) is 0.247. The number of allylic oxidation sites excluding steroid dienone is 1. The molecule has 19 heavy (non-hydrogen) atoms. The molecule has 0 unspecified atom stereocenters. The molecular formula is C15H27NO3. The fourth-order valence-electron chi connectivity index (χ4n) is 2.88. The molecule has 1 rings (SSSR count). The molecule has 1 aliphatic rings. The van der Waals surface area contributed by atoms with Crippen LogP contribution in [0.3, 0.4) is 0 Å². The van der Waals surface area contributed by atoms with Crippen LogP contribution in [-0.2, 0) is 14.3 Å². The smallest absolute Gasteiger partial charge is 0.333 e. The Bertz CT molecular complexity index is 354. The van der Waals surface area contributed by atoms with Crippen molar-refractivity contribution >= 4 is 5.97 Å². The summed E-state index contributed by atoms with van der Waals surface area (Å²) in [5, 5.41) is 0. The Balaban J connectivity index is 2.76. The lowest BCUT2D eigenvalue weighted by Gasteiger charge is -2.53. The monoisotopic (exact) mass is 269 g/mol. The summed E-state index contributed by atoms with van der Waals surface area (Å²) >= 11 is 0. The summed E-state index contributed by atoms with van der Waals surface area (Å²) in [6.07, 6.45) is 3.42. The molecule has 4 heteroatoms. The zero-order chi connectivity index (χ0) is 14.8. The number of piperidine rings is 1. The third-order valence-corrected chi connectivity index (χ3v) is 4.15. The standard InChI is InChI=1S/C15H27NO3/c1-11(8-13(17)18-7)19-12-9-14(2,3)16(6)15(4,5)10-12/h8,12H,9-10H2,1-7H3/b11-8-. The predicted molar refractivity (Wildman–Crippen MR) is 75.8 cm³/mol. The maximum Gasteiger partial charge on any atom is 0.333 e. The number of nitrogens with zero attached hydrogens (tertiary/aromatic N) is 1. The third kappa shape index (κ3) is 3.96. The summed E-state index contributed by atoms with van der Waals surface area (Å²) < 4.78 is 10.5. The van der Waals surface area contributed by atoms with Crippen LogP contribution in [0.5, 0.6) is 0 Å². The second-order valence-corrected chi connectivity index (χ2v) is 6.61. The number of carbonyl (C=O) groups excluding carboxylic acids is 1. The van der Waals surface area contributed by atoms with E-state index in [2.05, 4.69) is 44.4 Å². The van der Waals surface area contributed by atoms with E-state index in [9.17, 15) is 4.79 Å². The van der Waals surface area contributed by atoms with E-state index in [1.165, 1.54) is 13.2 Å². The van der Waals surface area contributed by atoms with Crippen molar-refractivity contribution in [1.82, 2.24) is 4.90 Å². The second-order valence-electron chi connectivity index (χ2n) is 6.61. The van der Waals surface area contributed by atoms with Crippen molar-refractivity contribution in [2.24, 2.45) is 0 Å². The number of hydrogen-bond acceptors (Lipinski definition) is 4. The van der Waals surface area contributed by atoms with E-state index < -0.39 is 0 Å². The van der Waals surface area contributed by atoms with E-state index in [4.69, 9.17) is 4.74 Å². The van der Waals surface area contributed by atoms with Crippen molar-refractivity contribution in [3.63, 3.8) is 0 Å². The number of rotatable bonds is 3. The maximum absolute atomic E-state index is 11.2. The van der Waals surface area contributed by atoms with E-state index in [0.717, 1.165) is 12.8 Å². The first-order chi connectivity index (χ1) is 8.58. The van der Waals surface area contributed by atoms with Gasteiger partial charge in [0.1, 0.15) is 11.9 Å². The Hall–Kier alpha value is -1.03. The Morgan fingerprint density at radius 2 is 1.68 bits per heavy atom. The molecule has 0 amide bonds. The number of carbonyl (C=O) groups is 1. The number of ether oxygens (including phenoxy) is 2. The molecular weight excluding hydrogens is 242 g/mol. The molecule has 0 bridgehead atoms. The van der Waals surface area contributed by atoms with Crippen LogP contribution in [0.4, 0.5) is 0 Å². The van der Waals surface area contributed by atoms with Gasteiger partial charge in [0.05, 0.1) is 13.2 Å². The number of methoxy groups -OCH3 is 1. The topological polar surface area (TPSA) is 38.8 Å². The van der Waals surface area contributed by atoms with Crippen LogP contribution in [0.1, 0.15) is 47.5 Å². The van der Waals surface area contributed by atoms with E-state index >= 15 is 0 Å². The fourth-order valence-corrected chi connectivity index (χ4v) is 2.88. The zero-order valence-electron chi connectivity index (χ0n) is 13.2. The van der Waals surface area contributed by atoms with Gasteiger partial charge in [0.2, 0.25) is 0 Å². The van der Waals surface area contributed by atoms with Gasteiger partial charge in [-0.1, -0.05) is 0 Å². The fraction of sp³-hybridized carbons (Fsp3) is 0.800. The Labute approximate surface area is 116 Å². The van der Waals surface area contributed by atoms with E-state index in [-0.39, 0.29) is 23.2 Å². The molecule has 0 aliphatic carbocycles. The minimum atomic E-state index is -0.371. The van der Waals surface area contributed by atoms with Crippen LogP contribution in [-0.4, -0.2) is 42.2 Å². The van der Waals surface area contributed by atoms with Crippen molar-refractivity contribution in [1.29, 1.82) is 0 Å². The maximum atomic E-state index is 11.2. The molecule has 1 fully saturated rings. The summed E-state index contributed by atoms with van der Waals surface area (Å²) in [6.45, 7) is 10.7. The van der Waals surface area contributed by atoms with Crippen molar-refractivity contribution in [2.75, 3.05) is 14.2 Å². The van der Waals surface area contributed by atoms with Gasteiger partial charge < -0.3 is 9.47 Å². The molecule has 1 heterocycles. The Morgan fingerprint density at radius 1 is 1.21 bits per heavy atom. The third-order valence-electron chi connectivity index (χ3n) is 4.15. The molecule has 1 saturated heterocycles. The molecule has 0 N–H and O–H groups in total. The molecule has 0 aromatic heterocycles. The first kappa shape index (κ1) is 16.0. The Morgan fingerprint density at radius 3 is 2.11 bits per heavy atom. The van der Waals surface area contributed by atoms with Gasteiger partial charge in [0, 0.05) is 23.9 Å². The largest absolute Gasteiger partial charge is 0.495 e. The van der Waals surface area contributed by atoms with Gasteiger partial charge in [-0.3, -0.25) is 4.90 Å². The first-order valence-electron chi connectivity index (χ1n) is 6.75. The number of esters is 1. The SMILES string of the molecule is COC(=O)/C=C(/C)OC1CC(C)(C)N(C)C(C)(C)C1. The van der Waals surface area contributed by atoms with Crippen molar-refractivity contribution in [3.8, 4) is 0 Å². The van der Waals surface area contributed by atoms with Gasteiger partial charge in [-0.25, -0.2) is 4.79 Å². The summed E-state index contributed by atoms with van der Waals surface area (Å²) in [6, 6.07) is 0. The van der Waals surface area contributed by atoms with Crippen LogP contribution in [0.25, 0.3) is 0 Å². The van der Waals surface area contributed by atoms with Crippen molar-refractivity contribution in [2.45, 2.75) is 64.6 Å². The van der Waals surface area contributed by atoms with Gasteiger partial charge >= 0.3 is 5.97 Å². The summed E-state index contributed by atoms with van der Waals surface area (Å²) in [5.41, 5.74) is 0.163. The average molecular weight is 269 g/mol. The lowest BCUT2D eigenvalue weighted by Crippen LogP contribution is -2.60. The highest BCUT2D eigenvalue weighted by Crippen LogP contribution is 2.38. The van der Waals surface area contributed by atoms with Crippen LogP contribution >= 0.6 is 0 Å². The minimum absolute atomic E-state index is 0.0813. The lowest BCUT2D eigenvalue weighted by molar-refractivity contribution is -0.135. The molecule has 0 radical (unpaired) electrons. The molecule has 0 saturated carbocycles. The van der Waals surface area contributed by atoms with Gasteiger partial charge in [-0.15, -0.1) is 0 Å².